The highest BCUT2D eigenvalue weighted by atomic mass is 35.5. The van der Waals surface area contributed by atoms with Crippen molar-refractivity contribution in [3.05, 3.63) is 83.0 Å². The molecule has 5 heterocycles. The van der Waals surface area contributed by atoms with Gasteiger partial charge in [0, 0.05) is 87.6 Å². The van der Waals surface area contributed by atoms with Crippen LogP contribution in [0, 0.1) is 0 Å². The number of piperazine rings is 1. The third-order valence-electron chi connectivity index (χ3n) is 11.9. The molecule has 61 heavy (non-hydrogen) atoms. The molecule has 1 unspecified atom stereocenters. The zero-order valence-corrected chi connectivity index (χ0v) is 36.1. The first-order valence-electron chi connectivity index (χ1n) is 20.6. The predicted molar refractivity (Wildman–Crippen MR) is 237 cm³/mol. The van der Waals surface area contributed by atoms with E-state index in [0.717, 1.165) is 74.9 Å². The van der Waals surface area contributed by atoms with E-state index >= 15 is 0 Å². The highest BCUT2D eigenvalue weighted by Crippen LogP contribution is 2.39. The van der Waals surface area contributed by atoms with Crippen molar-refractivity contribution >= 4 is 82.2 Å². The Morgan fingerprint density at radius 3 is 2.36 bits per heavy atom. The van der Waals surface area contributed by atoms with Crippen LogP contribution in [0.15, 0.2) is 66.9 Å². The maximum absolute atomic E-state index is 13.2. The number of hydrogen-bond acceptors (Lipinski definition) is 14. The summed E-state index contributed by atoms with van der Waals surface area (Å²) in [5, 5.41) is 13.2. The van der Waals surface area contributed by atoms with Crippen molar-refractivity contribution in [2.75, 3.05) is 93.6 Å². The number of halogens is 1. The molecule has 4 aromatic rings. The SMILES string of the molecule is COc1cc(N2CCC(N3CCN(CCNc4ccc5c(c4)C(=O)N(C4CCC(=O)NC4=O)C5=O)CC3)CC2)ccc1Nc1ncc(Cl)c(Nc2ccccc2P(C)(C)=O)n1. The van der Waals surface area contributed by atoms with E-state index in [-0.39, 0.29) is 24.0 Å². The van der Waals surface area contributed by atoms with E-state index in [9.17, 15) is 23.7 Å². The summed E-state index contributed by atoms with van der Waals surface area (Å²) in [7, 11) is -0.910. The van der Waals surface area contributed by atoms with Crippen molar-refractivity contribution in [1.29, 1.82) is 0 Å². The second-order valence-corrected chi connectivity index (χ2v) is 19.7. The molecule has 4 amide bonds. The van der Waals surface area contributed by atoms with Crippen LogP contribution in [-0.4, -0.2) is 133 Å². The fourth-order valence-corrected chi connectivity index (χ4v) is 9.87. The fraction of sp³-hybridized carbons (Fsp3) is 0.395. The number of hydrogen-bond donors (Lipinski definition) is 4. The first-order chi connectivity index (χ1) is 29.4. The smallest absolute Gasteiger partial charge is 0.262 e. The van der Waals surface area contributed by atoms with E-state index in [1.807, 2.05) is 36.4 Å². The van der Waals surface area contributed by atoms with Crippen LogP contribution in [0.25, 0.3) is 0 Å². The van der Waals surface area contributed by atoms with Gasteiger partial charge in [0.15, 0.2) is 5.82 Å². The highest BCUT2D eigenvalue weighted by molar-refractivity contribution is 7.70. The summed E-state index contributed by atoms with van der Waals surface area (Å²) in [5.41, 5.74) is 3.76. The molecule has 0 bridgehead atoms. The molecule has 16 nitrogen and oxygen atoms in total. The van der Waals surface area contributed by atoms with Crippen molar-refractivity contribution in [3.63, 3.8) is 0 Å². The number of benzene rings is 3. The van der Waals surface area contributed by atoms with Gasteiger partial charge in [-0.15, -0.1) is 0 Å². The van der Waals surface area contributed by atoms with Gasteiger partial charge in [-0.2, -0.15) is 4.98 Å². The maximum Gasteiger partial charge on any atom is 0.262 e. The summed E-state index contributed by atoms with van der Waals surface area (Å²) in [6, 6.07) is 18.2. The Morgan fingerprint density at radius 1 is 0.869 bits per heavy atom. The number of anilines is 6. The third-order valence-corrected chi connectivity index (χ3v) is 13.7. The Hall–Kier alpha value is -5.54. The lowest BCUT2D eigenvalue weighted by Gasteiger charge is -2.43. The second-order valence-electron chi connectivity index (χ2n) is 16.1. The molecule has 320 valence electrons. The molecular formula is C43H50ClN10O6P. The second kappa shape index (κ2) is 17.8. The molecular weight excluding hydrogens is 819 g/mol. The Labute approximate surface area is 359 Å². The monoisotopic (exact) mass is 868 g/mol. The number of carbonyl (C=O) groups is 4. The lowest BCUT2D eigenvalue weighted by atomic mass is 10.0. The number of amides is 4. The Bertz CT molecular complexity index is 2400. The molecule has 0 saturated carbocycles. The van der Waals surface area contributed by atoms with Crippen LogP contribution in [0.5, 0.6) is 5.75 Å². The molecule has 4 aliphatic heterocycles. The zero-order valence-electron chi connectivity index (χ0n) is 34.4. The van der Waals surface area contributed by atoms with Gasteiger partial charge in [-0.05, 0) is 75.1 Å². The standard InChI is InChI=1S/C43H50ClN10O6P/c1-60-36-25-29(9-11-33(36)48-43-46-26-32(44)39(50-43)47-34-6-4-5-7-37(34)61(2,3)59)52-17-14-28(15-18-52)53-22-20-51(21-23-53)19-16-45-27-8-10-30-31(24-27)42(58)54(41(30)57)35-12-13-38(55)49-40(35)56/h4-11,24-26,28,35,45H,12-23H2,1-3H3,(H,49,55,56)(H2,46,47,48,50). The van der Waals surface area contributed by atoms with Crippen LogP contribution in [-0.2, 0) is 14.2 Å². The van der Waals surface area contributed by atoms with Crippen LogP contribution in [0.3, 0.4) is 0 Å². The molecule has 0 radical (unpaired) electrons. The zero-order chi connectivity index (χ0) is 42.8. The normalized spacial score (nSPS) is 19.2. The molecule has 0 aliphatic carbocycles. The molecule has 3 saturated heterocycles. The first kappa shape index (κ1) is 42.2. The molecule has 8 rings (SSSR count). The molecule has 4 aliphatic rings. The molecule has 1 atom stereocenters. The number of nitrogens with one attached hydrogen (secondary N) is 4. The summed E-state index contributed by atoms with van der Waals surface area (Å²) < 4.78 is 18.7. The number of methoxy groups -OCH3 is 1. The van der Waals surface area contributed by atoms with Gasteiger partial charge in [-0.3, -0.25) is 39.2 Å². The Balaban J connectivity index is 0.793. The molecule has 1 aromatic heterocycles. The predicted octanol–water partition coefficient (Wildman–Crippen LogP) is 4.97. The van der Waals surface area contributed by atoms with Gasteiger partial charge in [-0.25, -0.2) is 4.98 Å². The van der Waals surface area contributed by atoms with Gasteiger partial charge in [0.05, 0.1) is 35.8 Å². The maximum atomic E-state index is 13.2. The number of piperidine rings is 2. The highest BCUT2D eigenvalue weighted by Gasteiger charge is 2.44. The Morgan fingerprint density at radius 2 is 1.62 bits per heavy atom. The average Bonchev–Trinajstić information content (AvgIpc) is 3.50. The number of nitrogens with zero attached hydrogens (tertiary/aromatic N) is 6. The third kappa shape index (κ3) is 9.23. The largest absolute Gasteiger partial charge is 0.494 e. The van der Waals surface area contributed by atoms with Crippen LogP contribution < -0.4 is 36.2 Å². The Kier molecular flexibility index (Phi) is 12.3. The average molecular weight is 869 g/mol. The minimum absolute atomic E-state index is 0.0861. The molecule has 4 N–H and O–H groups in total. The van der Waals surface area contributed by atoms with Crippen LogP contribution in [0.1, 0.15) is 46.4 Å². The lowest BCUT2D eigenvalue weighted by Crippen LogP contribution is -2.54. The van der Waals surface area contributed by atoms with Gasteiger partial charge in [0.2, 0.25) is 17.8 Å². The number of carbonyl (C=O) groups excluding carboxylic acids is 4. The summed E-state index contributed by atoms with van der Waals surface area (Å²) in [5.74, 6) is -0.633. The minimum atomic E-state index is -2.55. The van der Waals surface area contributed by atoms with Crippen molar-refractivity contribution < 1.29 is 28.5 Å². The summed E-state index contributed by atoms with van der Waals surface area (Å²) in [6.07, 6.45) is 3.87. The van der Waals surface area contributed by atoms with Crippen LogP contribution in [0.4, 0.5) is 34.5 Å². The van der Waals surface area contributed by atoms with E-state index in [2.05, 4.69) is 52.0 Å². The quantitative estimate of drug-likeness (QED) is 0.104. The number of aromatic nitrogens is 2. The van der Waals surface area contributed by atoms with Crippen molar-refractivity contribution in [2.45, 2.75) is 37.8 Å². The first-order valence-corrected chi connectivity index (χ1v) is 23.5. The lowest BCUT2D eigenvalue weighted by molar-refractivity contribution is -0.136. The van der Waals surface area contributed by atoms with Gasteiger partial charge in [0.1, 0.15) is 24.0 Å². The van der Waals surface area contributed by atoms with Crippen molar-refractivity contribution in [2.24, 2.45) is 0 Å². The molecule has 18 heteroatoms. The van der Waals surface area contributed by atoms with E-state index in [0.29, 0.717) is 51.8 Å². The van der Waals surface area contributed by atoms with E-state index < -0.39 is 36.8 Å². The van der Waals surface area contributed by atoms with E-state index in [4.69, 9.17) is 16.3 Å². The van der Waals surface area contributed by atoms with Crippen LogP contribution in [0.2, 0.25) is 5.02 Å². The number of rotatable bonds is 13. The number of fused-ring (bicyclic) bond motifs is 1. The van der Waals surface area contributed by atoms with E-state index in [1.54, 1.807) is 38.6 Å². The van der Waals surface area contributed by atoms with E-state index in [1.165, 1.54) is 6.20 Å². The van der Waals surface area contributed by atoms with Crippen molar-refractivity contribution in [1.82, 2.24) is 30.0 Å². The number of imide groups is 2. The summed E-state index contributed by atoms with van der Waals surface area (Å²) in [4.78, 5) is 67.7. The minimum Gasteiger partial charge on any atom is -0.494 e. The number of para-hydroxylation sites is 1. The topological polar surface area (TPSA) is 181 Å². The van der Waals surface area contributed by atoms with Crippen molar-refractivity contribution in [3.8, 4) is 5.75 Å². The summed E-state index contributed by atoms with van der Waals surface area (Å²) in [6.45, 7) is 10.8. The van der Waals surface area contributed by atoms with Gasteiger partial charge in [0.25, 0.3) is 11.8 Å². The fourth-order valence-electron chi connectivity index (χ4n) is 8.57. The molecule has 0 spiro atoms. The van der Waals surface area contributed by atoms with Gasteiger partial charge >= 0.3 is 0 Å². The van der Waals surface area contributed by atoms with Crippen LogP contribution >= 0.6 is 18.7 Å². The van der Waals surface area contributed by atoms with Gasteiger partial charge < -0.3 is 30.2 Å². The summed E-state index contributed by atoms with van der Waals surface area (Å²) >= 11 is 6.48. The molecule has 3 fully saturated rings. The number of ether oxygens (including phenoxy) is 1. The van der Waals surface area contributed by atoms with Gasteiger partial charge in [-0.1, -0.05) is 23.7 Å². The molecule has 3 aromatic carbocycles.